The number of carbonyl (C=O) groups is 1. The predicted octanol–water partition coefficient (Wildman–Crippen LogP) is 1.76. The number of nitrogens with zero attached hydrogens (tertiary/aromatic N) is 2. The van der Waals surface area contributed by atoms with Gasteiger partial charge in [0, 0.05) is 13.2 Å². The fourth-order valence-corrected chi connectivity index (χ4v) is 4.11. The van der Waals surface area contributed by atoms with Gasteiger partial charge in [-0.3, -0.25) is 9.48 Å². The molecule has 0 atom stereocenters. The molecule has 1 heterocycles. The fraction of sp³-hybridized carbons (Fsp3) is 0.733. The number of carbonyl (C=O) groups excluding carboxylic acids is 1. The van der Waals surface area contributed by atoms with E-state index in [4.69, 9.17) is 0 Å². The highest BCUT2D eigenvalue weighted by molar-refractivity contribution is 7.92. The van der Waals surface area contributed by atoms with Gasteiger partial charge in [0.25, 0.3) is 0 Å². The van der Waals surface area contributed by atoms with Crippen LogP contribution in [0, 0.1) is 5.92 Å². The minimum absolute atomic E-state index is 0.0384. The Hall–Kier alpha value is -1.37. The lowest BCUT2D eigenvalue weighted by molar-refractivity contribution is -0.121. The van der Waals surface area contributed by atoms with Gasteiger partial charge in [-0.25, -0.2) is 8.42 Å². The molecular weight excluding hydrogens is 302 g/mol. The van der Waals surface area contributed by atoms with E-state index in [2.05, 4.69) is 17.3 Å². The Morgan fingerprint density at radius 1 is 1.32 bits per heavy atom. The van der Waals surface area contributed by atoms with Crippen molar-refractivity contribution < 1.29 is 13.2 Å². The summed E-state index contributed by atoms with van der Waals surface area (Å²) in [4.78, 5) is 11.3. The first-order chi connectivity index (χ1) is 10.4. The molecule has 2 saturated carbocycles. The molecule has 3 rings (SSSR count). The van der Waals surface area contributed by atoms with E-state index >= 15 is 0 Å². The van der Waals surface area contributed by atoms with Crippen molar-refractivity contribution in [1.82, 2.24) is 15.1 Å². The fourth-order valence-electron chi connectivity index (χ4n) is 2.50. The summed E-state index contributed by atoms with van der Waals surface area (Å²) in [5.41, 5.74) is 0. The lowest BCUT2D eigenvalue weighted by Gasteiger charge is -1.99. The molecule has 0 bridgehead atoms. The van der Waals surface area contributed by atoms with Gasteiger partial charge in [-0.2, -0.15) is 5.10 Å². The van der Waals surface area contributed by atoms with Gasteiger partial charge >= 0.3 is 0 Å². The molecule has 22 heavy (non-hydrogen) atoms. The molecule has 0 unspecified atom stereocenters. The van der Waals surface area contributed by atoms with Crippen molar-refractivity contribution in [2.75, 3.05) is 7.05 Å². The lowest BCUT2D eigenvalue weighted by atomic mass is 10.2. The summed E-state index contributed by atoms with van der Waals surface area (Å²) >= 11 is 0. The zero-order valence-electron chi connectivity index (χ0n) is 13.3. The van der Waals surface area contributed by atoms with Crippen molar-refractivity contribution in [3.05, 3.63) is 12.4 Å². The van der Waals surface area contributed by atoms with Gasteiger partial charge in [0.05, 0.1) is 11.4 Å². The molecular formula is C15H25N3O3S. The van der Waals surface area contributed by atoms with Gasteiger partial charge in [0.15, 0.2) is 9.84 Å². The summed E-state index contributed by atoms with van der Waals surface area (Å²) in [7, 11) is -1.68. The minimum Gasteiger partial charge on any atom is -0.358 e. The molecule has 0 aromatic carbocycles. The highest BCUT2D eigenvalue weighted by atomic mass is 32.2. The Labute approximate surface area is 132 Å². The van der Waals surface area contributed by atoms with Gasteiger partial charge in [-0.05, 0) is 18.8 Å². The number of likely N-dealkylation sites (N-methyl/N-ethyl adjacent to an activating group) is 1. The molecule has 0 aliphatic heterocycles. The maximum atomic E-state index is 11.8. The molecule has 1 aromatic heterocycles. The SMILES string of the molecule is CC1CCCC1.CNC(=O)Cn1cc(S(=O)(=O)C2CC2)cn1. The number of aromatic nitrogens is 2. The minimum atomic E-state index is -3.20. The van der Waals surface area contributed by atoms with E-state index in [1.165, 1.54) is 49.8 Å². The Morgan fingerprint density at radius 3 is 2.41 bits per heavy atom. The Bertz CT molecular complexity index is 599. The van der Waals surface area contributed by atoms with Crippen molar-refractivity contribution in [1.29, 1.82) is 0 Å². The molecule has 2 aliphatic carbocycles. The number of sulfone groups is 1. The largest absolute Gasteiger partial charge is 0.358 e. The topological polar surface area (TPSA) is 81.1 Å². The van der Waals surface area contributed by atoms with E-state index in [1.807, 2.05) is 0 Å². The van der Waals surface area contributed by atoms with E-state index in [0.29, 0.717) is 0 Å². The second-order valence-electron chi connectivity index (χ2n) is 6.18. The van der Waals surface area contributed by atoms with Crippen LogP contribution in [0.4, 0.5) is 0 Å². The van der Waals surface area contributed by atoms with E-state index < -0.39 is 9.84 Å². The summed E-state index contributed by atoms with van der Waals surface area (Å²) in [5, 5.41) is 6.06. The highest BCUT2D eigenvalue weighted by Gasteiger charge is 2.37. The van der Waals surface area contributed by atoms with Crippen LogP contribution in [0.5, 0.6) is 0 Å². The molecule has 1 aromatic rings. The second kappa shape index (κ2) is 7.26. The maximum Gasteiger partial charge on any atom is 0.241 e. The van der Waals surface area contributed by atoms with Crippen LogP contribution in [0.25, 0.3) is 0 Å². The smallest absolute Gasteiger partial charge is 0.241 e. The van der Waals surface area contributed by atoms with Gasteiger partial charge in [-0.15, -0.1) is 0 Å². The van der Waals surface area contributed by atoms with Crippen molar-refractivity contribution in [3.8, 4) is 0 Å². The van der Waals surface area contributed by atoms with E-state index in [-0.39, 0.29) is 22.6 Å². The summed E-state index contributed by atoms with van der Waals surface area (Å²) in [5.74, 6) is 0.837. The number of hydrogen-bond acceptors (Lipinski definition) is 4. The van der Waals surface area contributed by atoms with Crippen molar-refractivity contribution >= 4 is 15.7 Å². The van der Waals surface area contributed by atoms with Crippen LogP contribution >= 0.6 is 0 Å². The average Bonchev–Trinajstić information content (AvgIpc) is 3.08. The molecule has 0 spiro atoms. The van der Waals surface area contributed by atoms with E-state index in [0.717, 1.165) is 18.8 Å². The number of rotatable bonds is 4. The van der Waals surface area contributed by atoms with Gasteiger partial charge in [-0.1, -0.05) is 32.6 Å². The molecule has 124 valence electrons. The van der Waals surface area contributed by atoms with E-state index in [1.54, 1.807) is 0 Å². The first-order valence-corrected chi connectivity index (χ1v) is 9.45. The highest BCUT2D eigenvalue weighted by Crippen LogP contribution is 2.33. The Morgan fingerprint density at radius 2 is 1.95 bits per heavy atom. The third-order valence-corrected chi connectivity index (χ3v) is 6.35. The van der Waals surface area contributed by atoms with Crippen LogP contribution in [0.1, 0.15) is 45.4 Å². The van der Waals surface area contributed by atoms with Crippen LogP contribution in [-0.2, 0) is 21.2 Å². The zero-order chi connectivity index (χ0) is 16.2. The summed E-state index contributed by atoms with van der Waals surface area (Å²) in [6.07, 6.45) is 10.1. The monoisotopic (exact) mass is 327 g/mol. The van der Waals surface area contributed by atoms with Crippen molar-refractivity contribution in [2.45, 2.75) is 62.1 Å². The maximum absolute atomic E-state index is 11.8. The van der Waals surface area contributed by atoms with Crippen molar-refractivity contribution in [2.24, 2.45) is 5.92 Å². The third kappa shape index (κ3) is 4.56. The molecule has 0 radical (unpaired) electrons. The normalized spacial score (nSPS) is 18.6. The predicted molar refractivity (Wildman–Crippen MR) is 84.1 cm³/mol. The van der Waals surface area contributed by atoms with Crippen LogP contribution in [0.2, 0.25) is 0 Å². The van der Waals surface area contributed by atoms with Gasteiger partial charge in [0.1, 0.15) is 11.4 Å². The molecule has 7 heteroatoms. The Kier molecular flexibility index (Phi) is 5.61. The molecule has 1 N–H and O–H groups in total. The summed E-state index contributed by atoms with van der Waals surface area (Å²) < 4.78 is 24.9. The molecule has 2 fully saturated rings. The third-order valence-electron chi connectivity index (χ3n) is 4.13. The number of nitrogens with one attached hydrogen (secondary N) is 1. The van der Waals surface area contributed by atoms with Crippen LogP contribution in [0.3, 0.4) is 0 Å². The van der Waals surface area contributed by atoms with Crippen LogP contribution in [-0.4, -0.2) is 36.4 Å². The molecule has 6 nitrogen and oxygen atoms in total. The zero-order valence-corrected chi connectivity index (χ0v) is 14.1. The molecule has 1 amide bonds. The average molecular weight is 327 g/mol. The summed E-state index contributed by atoms with van der Waals surface area (Å²) in [6, 6.07) is 0. The summed E-state index contributed by atoms with van der Waals surface area (Å²) in [6.45, 7) is 2.38. The van der Waals surface area contributed by atoms with Gasteiger partial charge < -0.3 is 5.32 Å². The van der Waals surface area contributed by atoms with E-state index in [9.17, 15) is 13.2 Å². The van der Waals surface area contributed by atoms with Crippen LogP contribution < -0.4 is 5.32 Å². The first kappa shape index (κ1) is 17.0. The quantitative estimate of drug-likeness (QED) is 0.913. The lowest BCUT2D eigenvalue weighted by Crippen LogP contribution is -2.23. The first-order valence-electron chi connectivity index (χ1n) is 7.90. The molecule has 2 aliphatic rings. The number of hydrogen-bond donors (Lipinski definition) is 1. The molecule has 0 saturated heterocycles. The number of amides is 1. The second-order valence-corrected chi connectivity index (χ2v) is 8.41. The van der Waals surface area contributed by atoms with Crippen LogP contribution in [0.15, 0.2) is 17.3 Å². The Balaban J connectivity index is 0.000000246. The standard InChI is InChI=1S/C9H13N3O3S.C6H12/c1-10-9(13)6-12-5-8(4-11-12)16(14,15)7-2-3-7;1-6-4-2-3-5-6/h4-5,7H,2-3,6H2,1H3,(H,10,13);6H,2-5H2,1H3. The van der Waals surface area contributed by atoms with Crippen molar-refractivity contribution in [3.63, 3.8) is 0 Å². The van der Waals surface area contributed by atoms with Gasteiger partial charge in [0.2, 0.25) is 5.91 Å².